The molecule has 0 saturated carbocycles. The monoisotopic (exact) mass is 132 g/mol. The Kier molecular flexibility index (Phi) is 3.43. The van der Waals surface area contributed by atoms with E-state index in [2.05, 4.69) is 0 Å². The minimum atomic E-state index is -0.422. The van der Waals surface area contributed by atoms with Gasteiger partial charge in [-0.25, -0.2) is 0 Å². The lowest BCUT2D eigenvalue weighted by Crippen LogP contribution is -2.17. The third kappa shape index (κ3) is 2.59. The predicted molar refractivity (Wildman–Crippen MR) is 35.1 cm³/mol. The molecule has 0 spiro atoms. The Hall–Kier alpha value is -0.400. The number of halogens is 1. The van der Waals surface area contributed by atoms with Gasteiger partial charge in [-0.3, -0.25) is 4.39 Å². The van der Waals surface area contributed by atoms with Gasteiger partial charge in [0.15, 0.2) is 0 Å². The molecule has 0 fully saturated rings. The number of rotatable bonds is 4. The second-order valence-corrected chi connectivity index (χ2v) is 2.56. The van der Waals surface area contributed by atoms with Gasteiger partial charge in [0.1, 0.15) is 6.29 Å². The molecule has 0 bridgehead atoms. The van der Waals surface area contributed by atoms with Crippen molar-refractivity contribution in [3.05, 3.63) is 0 Å². The fourth-order valence-corrected chi connectivity index (χ4v) is 0.535. The van der Waals surface area contributed by atoms with Gasteiger partial charge in [0.05, 0.1) is 6.67 Å². The van der Waals surface area contributed by atoms with Crippen LogP contribution < -0.4 is 0 Å². The maximum Gasteiger partial charge on any atom is 0.125 e. The molecule has 0 aromatic rings. The Morgan fingerprint density at radius 3 is 2.33 bits per heavy atom. The van der Waals surface area contributed by atoms with Crippen molar-refractivity contribution in [1.82, 2.24) is 0 Å². The third-order valence-electron chi connectivity index (χ3n) is 1.76. The van der Waals surface area contributed by atoms with Crippen molar-refractivity contribution >= 4 is 6.29 Å². The summed E-state index contributed by atoms with van der Waals surface area (Å²) in [6, 6.07) is 0. The SMILES string of the molecule is CCC(C)(C=O)CCF. The molecule has 54 valence electrons. The quantitative estimate of drug-likeness (QED) is 0.534. The summed E-state index contributed by atoms with van der Waals surface area (Å²) in [5.74, 6) is 0. The summed E-state index contributed by atoms with van der Waals surface area (Å²) in [7, 11) is 0. The van der Waals surface area contributed by atoms with Crippen molar-refractivity contribution in [3.63, 3.8) is 0 Å². The third-order valence-corrected chi connectivity index (χ3v) is 1.76. The lowest BCUT2D eigenvalue weighted by atomic mass is 9.86. The van der Waals surface area contributed by atoms with Crippen molar-refractivity contribution in [2.24, 2.45) is 5.41 Å². The second kappa shape index (κ2) is 3.59. The van der Waals surface area contributed by atoms with Crippen LogP contribution in [-0.4, -0.2) is 13.0 Å². The molecule has 9 heavy (non-hydrogen) atoms. The highest BCUT2D eigenvalue weighted by atomic mass is 19.1. The Morgan fingerprint density at radius 1 is 1.67 bits per heavy atom. The molecule has 0 rings (SSSR count). The van der Waals surface area contributed by atoms with Gasteiger partial charge in [-0.2, -0.15) is 0 Å². The summed E-state index contributed by atoms with van der Waals surface area (Å²) in [6.45, 7) is 3.27. The van der Waals surface area contributed by atoms with E-state index in [4.69, 9.17) is 0 Å². The predicted octanol–water partition coefficient (Wildman–Crippen LogP) is 1.96. The lowest BCUT2D eigenvalue weighted by molar-refractivity contribution is -0.116. The van der Waals surface area contributed by atoms with Crippen LogP contribution in [0.2, 0.25) is 0 Å². The standard InChI is InChI=1S/C7H13FO/c1-3-7(2,6-9)4-5-8/h6H,3-5H2,1-2H3. The highest BCUT2D eigenvalue weighted by Crippen LogP contribution is 2.21. The van der Waals surface area contributed by atoms with Gasteiger partial charge in [0, 0.05) is 5.41 Å². The first-order chi connectivity index (χ1) is 4.18. The zero-order valence-corrected chi connectivity index (χ0v) is 5.98. The summed E-state index contributed by atoms with van der Waals surface area (Å²) in [5, 5.41) is 0. The van der Waals surface area contributed by atoms with Crippen LogP contribution in [0.25, 0.3) is 0 Å². The van der Waals surface area contributed by atoms with Gasteiger partial charge < -0.3 is 4.79 Å². The number of carbonyl (C=O) groups is 1. The van der Waals surface area contributed by atoms with Crippen LogP contribution in [0.4, 0.5) is 4.39 Å². The number of aldehydes is 1. The van der Waals surface area contributed by atoms with Crippen LogP contribution in [-0.2, 0) is 4.79 Å². The Morgan fingerprint density at radius 2 is 2.22 bits per heavy atom. The van der Waals surface area contributed by atoms with E-state index in [1.54, 1.807) is 6.92 Å². The molecule has 0 aliphatic heterocycles. The minimum Gasteiger partial charge on any atom is -0.303 e. The van der Waals surface area contributed by atoms with Crippen LogP contribution in [0.15, 0.2) is 0 Å². The number of alkyl halides is 1. The molecule has 0 saturated heterocycles. The Labute approximate surface area is 55.3 Å². The molecule has 0 radical (unpaired) electrons. The molecule has 1 nitrogen and oxygen atoms in total. The van der Waals surface area contributed by atoms with E-state index in [0.717, 1.165) is 12.7 Å². The van der Waals surface area contributed by atoms with Crippen LogP contribution >= 0.6 is 0 Å². The highest BCUT2D eigenvalue weighted by Gasteiger charge is 2.19. The molecule has 0 heterocycles. The van der Waals surface area contributed by atoms with E-state index in [1.807, 2.05) is 6.92 Å². The normalized spacial score (nSPS) is 16.8. The lowest BCUT2D eigenvalue weighted by Gasteiger charge is -2.17. The molecule has 1 unspecified atom stereocenters. The molecule has 0 aromatic heterocycles. The molecular formula is C7H13FO. The first-order valence-electron chi connectivity index (χ1n) is 3.21. The van der Waals surface area contributed by atoms with Gasteiger partial charge >= 0.3 is 0 Å². The topological polar surface area (TPSA) is 17.1 Å². The van der Waals surface area contributed by atoms with E-state index in [1.165, 1.54) is 0 Å². The Balaban J connectivity index is 3.76. The van der Waals surface area contributed by atoms with Crippen LogP contribution in [0.1, 0.15) is 26.7 Å². The van der Waals surface area contributed by atoms with Crippen molar-refractivity contribution in [2.45, 2.75) is 26.7 Å². The molecule has 1 atom stereocenters. The first kappa shape index (κ1) is 8.60. The largest absolute Gasteiger partial charge is 0.303 e. The van der Waals surface area contributed by atoms with E-state index >= 15 is 0 Å². The summed E-state index contributed by atoms with van der Waals surface area (Å²) >= 11 is 0. The molecule has 0 aromatic carbocycles. The van der Waals surface area contributed by atoms with Gasteiger partial charge in [0.2, 0.25) is 0 Å². The summed E-state index contributed by atoms with van der Waals surface area (Å²) in [5.41, 5.74) is -0.422. The number of carbonyl (C=O) groups excluding carboxylic acids is 1. The van der Waals surface area contributed by atoms with Crippen molar-refractivity contribution < 1.29 is 9.18 Å². The fourth-order valence-electron chi connectivity index (χ4n) is 0.535. The number of hydrogen-bond acceptors (Lipinski definition) is 1. The van der Waals surface area contributed by atoms with Crippen LogP contribution in [0.3, 0.4) is 0 Å². The molecular weight excluding hydrogens is 119 g/mol. The van der Waals surface area contributed by atoms with Crippen molar-refractivity contribution in [1.29, 1.82) is 0 Å². The smallest absolute Gasteiger partial charge is 0.125 e. The van der Waals surface area contributed by atoms with Crippen molar-refractivity contribution in [2.75, 3.05) is 6.67 Å². The van der Waals surface area contributed by atoms with E-state index in [-0.39, 0.29) is 0 Å². The van der Waals surface area contributed by atoms with Crippen molar-refractivity contribution in [3.8, 4) is 0 Å². The summed E-state index contributed by atoms with van der Waals surface area (Å²) in [6.07, 6.45) is 1.92. The average Bonchev–Trinajstić information content (AvgIpc) is 1.89. The molecule has 0 N–H and O–H groups in total. The minimum absolute atomic E-state index is 0.354. The van der Waals surface area contributed by atoms with Gasteiger partial charge in [0.25, 0.3) is 0 Å². The first-order valence-corrected chi connectivity index (χ1v) is 3.21. The van der Waals surface area contributed by atoms with E-state index in [0.29, 0.717) is 6.42 Å². The number of hydrogen-bond donors (Lipinski definition) is 0. The van der Waals surface area contributed by atoms with E-state index in [9.17, 15) is 9.18 Å². The average molecular weight is 132 g/mol. The van der Waals surface area contributed by atoms with Gasteiger partial charge in [-0.1, -0.05) is 13.8 Å². The van der Waals surface area contributed by atoms with Crippen LogP contribution in [0, 0.1) is 5.41 Å². The summed E-state index contributed by atoms with van der Waals surface area (Å²) in [4.78, 5) is 10.3. The summed E-state index contributed by atoms with van der Waals surface area (Å²) < 4.78 is 11.7. The zero-order chi connectivity index (χ0) is 7.33. The molecule has 0 aliphatic carbocycles. The fraction of sp³-hybridized carbons (Fsp3) is 0.857. The Bertz CT molecular complexity index is 92.9. The zero-order valence-electron chi connectivity index (χ0n) is 5.98. The molecule has 0 aliphatic rings. The highest BCUT2D eigenvalue weighted by molar-refractivity contribution is 5.58. The molecule has 2 heteroatoms. The van der Waals surface area contributed by atoms with Crippen LogP contribution in [0.5, 0.6) is 0 Å². The van der Waals surface area contributed by atoms with E-state index < -0.39 is 12.1 Å². The maximum absolute atomic E-state index is 11.7. The van der Waals surface area contributed by atoms with Gasteiger partial charge in [-0.05, 0) is 12.8 Å². The second-order valence-electron chi connectivity index (χ2n) is 2.56. The van der Waals surface area contributed by atoms with Gasteiger partial charge in [-0.15, -0.1) is 0 Å². The maximum atomic E-state index is 11.7. The molecule has 0 amide bonds.